The summed E-state index contributed by atoms with van der Waals surface area (Å²) < 4.78 is 17.0. The molecule has 1 aromatic carbocycles. The smallest absolute Gasteiger partial charge is 0.264 e. The second kappa shape index (κ2) is 7.84. The van der Waals surface area contributed by atoms with E-state index in [4.69, 9.17) is 14.2 Å². The van der Waals surface area contributed by atoms with Crippen molar-refractivity contribution in [2.45, 2.75) is 43.7 Å². The monoisotopic (exact) mass is 360 g/mol. The van der Waals surface area contributed by atoms with Crippen LogP contribution in [0.25, 0.3) is 0 Å². The molecule has 1 saturated carbocycles. The molecule has 1 atom stereocenters. The predicted molar refractivity (Wildman–Crippen MR) is 97.6 cm³/mol. The highest BCUT2D eigenvalue weighted by molar-refractivity contribution is 5.81. The first kappa shape index (κ1) is 17.6. The summed E-state index contributed by atoms with van der Waals surface area (Å²) >= 11 is 0. The Kier molecular flexibility index (Phi) is 5.31. The Hall–Kier alpha value is -1.79. The summed E-state index contributed by atoms with van der Waals surface area (Å²) in [4.78, 5) is 15.2. The summed E-state index contributed by atoms with van der Waals surface area (Å²) in [5, 5.41) is 3.16. The van der Waals surface area contributed by atoms with Gasteiger partial charge in [0.2, 0.25) is 6.10 Å². The molecule has 2 fully saturated rings. The van der Waals surface area contributed by atoms with Crippen molar-refractivity contribution in [1.82, 2.24) is 10.2 Å². The van der Waals surface area contributed by atoms with Gasteiger partial charge in [0.05, 0.1) is 13.2 Å². The van der Waals surface area contributed by atoms with Crippen LogP contribution in [0.5, 0.6) is 11.5 Å². The molecule has 0 bridgehead atoms. The zero-order chi connectivity index (χ0) is 17.8. The number of carbonyl (C=O) groups is 1. The number of carbonyl (C=O) groups excluding carboxylic acids is 1. The maximum absolute atomic E-state index is 12.7. The van der Waals surface area contributed by atoms with E-state index in [1.807, 2.05) is 24.3 Å². The van der Waals surface area contributed by atoms with Gasteiger partial charge in [-0.15, -0.1) is 0 Å². The molecular formula is C20H28N2O4. The molecule has 0 aromatic heterocycles. The van der Waals surface area contributed by atoms with Crippen LogP contribution >= 0.6 is 0 Å². The average Bonchev–Trinajstić information content (AvgIpc) is 2.73. The van der Waals surface area contributed by atoms with E-state index in [9.17, 15) is 4.79 Å². The van der Waals surface area contributed by atoms with Crippen molar-refractivity contribution in [3.63, 3.8) is 0 Å². The van der Waals surface area contributed by atoms with Crippen LogP contribution in [0.1, 0.15) is 32.1 Å². The minimum absolute atomic E-state index is 0.0606. The molecule has 1 saturated heterocycles. The van der Waals surface area contributed by atoms with E-state index in [0.717, 1.165) is 39.1 Å². The van der Waals surface area contributed by atoms with Crippen LogP contribution in [0, 0.1) is 0 Å². The maximum Gasteiger partial charge on any atom is 0.264 e. The summed E-state index contributed by atoms with van der Waals surface area (Å²) in [7, 11) is 0. The summed E-state index contributed by atoms with van der Waals surface area (Å²) in [6.07, 6.45) is 5.43. The first-order valence-electron chi connectivity index (χ1n) is 9.76. The molecule has 1 N–H and O–H groups in total. The molecule has 0 spiro atoms. The van der Waals surface area contributed by atoms with E-state index < -0.39 is 6.10 Å². The van der Waals surface area contributed by atoms with Gasteiger partial charge in [0.25, 0.3) is 5.91 Å². The molecule has 2 aliphatic heterocycles. The number of nitrogens with one attached hydrogen (secondary N) is 1. The normalized spacial score (nSPS) is 25.5. The zero-order valence-electron chi connectivity index (χ0n) is 15.2. The number of morpholine rings is 1. The Morgan fingerprint density at radius 1 is 1.12 bits per heavy atom. The van der Waals surface area contributed by atoms with Gasteiger partial charge in [0.15, 0.2) is 11.5 Å². The Morgan fingerprint density at radius 3 is 2.62 bits per heavy atom. The molecule has 3 aliphatic rings. The lowest BCUT2D eigenvalue weighted by Gasteiger charge is -2.48. The topological polar surface area (TPSA) is 60.0 Å². The van der Waals surface area contributed by atoms with Gasteiger partial charge in [0, 0.05) is 25.2 Å². The van der Waals surface area contributed by atoms with Crippen molar-refractivity contribution in [3.8, 4) is 11.5 Å². The third-order valence-electron chi connectivity index (χ3n) is 5.86. The van der Waals surface area contributed by atoms with E-state index in [1.54, 1.807) is 0 Å². The van der Waals surface area contributed by atoms with Gasteiger partial charge in [-0.1, -0.05) is 31.4 Å². The number of ether oxygens (including phenoxy) is 3. The van der Waals surface area contributed by atoms with Crippen LogP contribution in [0.4, 0.5) is 0 Å². The second-order valence-corrected chi connectivity index (χ2v) is 7.47. The van der Waals surface area contributed by atoms with Gasteiger partial charge in [0.1, 0.15) is 6.61 Å². The average molecular weight is 360 g/mol. The lowest BCUT2D eigenvalue weighted by Crippen LogP contribution is -2.60. The molecule has 1 aliphatic carbocycles. The highest BCUT2D eigenvalue weighted by atomic mass is 16.6. The van der Waals surface area contributed by atoms with Crippen molar-refractivity contribution >= 4 is 5.91 Å². The molecule has 6 nitrogen and oxygen atoms in total. The quantitative estimate of drug-likeness (QED) is 0.890. The zero-order valence-corrected chi connectivity index (χ0v) is 15.2. The minimum atomic E-state index is -0.588. The van der Waals surface area contributed by atoms with Gasteiger partial charge >= 0.3 is 0 Å². The maximum atomic E-state index is 12.7. The van der Waals surface area contributed by atoms with Crippen LogP contribution in [-0.4, -0.2) is 61.9 Å². The number of amides is 1. The second-order valence-electron chi connectivity index (χ2n) is 7.47. The minimum Gasteiger partial charge on any atom is -0.485 e. The molecule has 4 rings (SSSR count). The molecule has 1 aromatic rings. The summed E-state index contributed by atoms with van der Waals surface area (Å²) in [5.41, 5.74) is 0.0606. The number of hydrogen-bond acceptors (Lipinski definition) is 5. The highest BCUT2D eigenvalue weighted by Crippen LogP contribution is 2.34. The summed E-state index contributed by atoms with van der Waals surface area (Å²) in [6.45, 7) is 4.40. The Morgan fingerprint density at radius 2 is 1.85 bits per heavy atom. The van der Waals surface area contributed by atoms with Gasteiger partial charge in [-0.2, -0.15) is 0 Å². The van der Waals surface area contributed by atoms with Crippen LogP contribution in [0.15, 0.2) is 24.3 Å². The first-order valence-corrected chi connectivity index (χ1v) is 9.76. The van der Waals surface area contributed by atoms with E-state index in [2.05, 4.69) is 10.2 Å². The van der Waals surface area contributed by atoms with Crippen molar-refractivity contribution in [2.24, 2.45) is 0 Å². The number of nitrogens with zero attached hydrogens (tertiary/aromatic N) is 1. The molecule has 1 amide bonds. The number of para-hydroxylation sites is 2. The third-order valence-corrected chi connectivity index (χ3v) is 5.86. The van der Waals surface area contributed by atoms with Crippen molar-refractivity contribution in [3.05, 3.63) is 24.3 Å². The number of fused-ring (bicyclic) bond motifs is 1. The highest BCUT2D eigenvalue weighted by Gasteiger charge is 2.39. The first-order chi connectivity index (χ1) is 12.8. The number of rotatable bonds is 4. The fraction of sp³-hybridized carbons (Fsp3) is 0.650. The van der Waals surface area contributed by atoms with Gasteiger partial charge in [-0.25, -0.2) is 0 Å². The van der Waals surface area contributed by atoms with Crippen molar-refractivity contribution in [1.29, 1.82) is 0 Å². The van der Waals surface area contributed by atoms with Gasteiger partial charge in [-0.3, -0.25) is 9.69 Å². The summed E-state index contributed by atoms with van der Waals surface area (Å²) in [5.74, 6) is 1.26. The van der Waals surface area contributed by atoms with E-state index in [0.29, 0.717) is 18.0 Å². The van der Waals surface area contributed by atoms with Gasteiger partial charge < -0.3 is 19.5 Å². The fourth-order valence-corrected chi connectivity index (χ4v) is 4.37. The largest absolute Gasteiger partial charge is 0.485 e. The van der Waals surface area contributed by atoms with Crippen molar-refractivity contribution in [2.75, 3.05) is 39.5 Å². The molecule has 0 radical (unpaired) electrons. The SMILES string of the molecule is O=C(NCC1(N2CCOCC2)CCCCC1)[C@@H]1COc2ccccc2O1. The van der Waals surface area contributed by atoms with E-state index in [1.165, 1.54) is 19.3 Å². The molecular weight excluding hydrogens is 332 g/mol. The summed E-state index contributed by atoms with van der Waals surface area (Å²) in [6, 6.07) is 7.49. The third kappa shape index (κ3) is 3.67. The van der Waals surface area contributed by atoms with Crippen LogP contribution in [-0.2, 0) is 9.53 Å². The molecule has 6 heteroatoms. The molecule has 142 valence electrons. The van der Waals surface area contributed by atoms with Crippen LogP contribution in [0.2, 0.25) is 0 Å². The van der Waals surface area contributed by atoms with E-state index in [-0.39, 0.29) is 18.1 Å². The molecule has 0 unspecified atom stereocenters. The van der Waals surface area contributed by atoms with Crippen LogP contribution < -0.4 is 14.8 Å². The lowest BCUT2D eigenvalue weighted by atomic mass is 9.79. The van der Waals surface area contributed by atoms with Crippen LogP contribution in [0.3, 0.4) is 0 Å². The van der Waals surface area contributed by atoms with Gasteiger partial charge in [-0.05, 0) is 25.0 Å². The Bertz CT molecular complexity index is 624. The predicted octanol–water partition coefficient (Wildman–Crippen LogP) is 1.98. The van der Waals surface area contributed by atoms with Crippen molar-refractivity contribution < 1.29 is 19.0 Å². The standard InChI is InChI=1S/C20H28N2O4/c23-19(18-14-25-16-6-2-3-7-17(16)26-18)21-15-20(8-4-1-5-9-20)22-10-12-24-13-11-22/h2-3,6-7,18H,1,4-5,8-15H2,(H,21,23)/t18-/m0/s1. The lowest BCUT2D eigenvalue weighted by molar-refractivity contribution is -0.131. The number of hydrogen-bond donors (Lipinski definition) is 1. The van der Waals surface area contributed by atoms with E-state index >= 15 is 0 Å². The molecule has 26 heavy (non-hydrogen) atoms. The fourth-order valence-electron chi connectivity index (χ4n) is 4.37. The Balaban J connectivity index is 1.39. The number of benzene rings is 1. The molecule has 2 heterocycles. The Labute approximate surface area is 154 Å².